The first-order valence-electron chi connectivity index (χ1n) is 8.28. The van der Waals surface area contributed by atoms with E-state index in [0.717, 1.165) is 15.9 Å². The summed E-state index contributed by atoms with van der Waals surface area (Å²) in [4.78, 5) is 21.3. The Morgan fingerprint density at radius 1 is 1.04 bits per heavy atom. The molecule has 2 N–H and O–H groups in total. The predicted molar refractivity (Wildman–Crippen MR) is 113 cm³/mol. The fourth-order valence-corrected chi connectivity index (χ4v) is 4.10. The van der Waals surface area contributed by atoms with Crippen molar-refractivity contribution < 1.29 is 14.3 Å². The van der Waals surface area contributed by atoms with Gasteiger partial charge in [-0.25, -0.2) is 9.97 Å². The van der Waals surface area contributed by atoms with Gasteiger partial charge in [0.2, 0.25) is 0 Å². The number of rotatable bonds is 6. The zero-order valence-corrected chi connectivity index (χ0v) is 16.7. The van der Waals surface area contributed by atoms with Gasteiger partial charge in [-0.15, -0.1) is 11.3 Å². The molecular formula is C19H16N4O3S2. The summed E-state index contributed by atoms with van der Waals surface area (Å²) in [5.41, 5.74) is 1.91. The van der Waals surface area contributed by atoms with E-state index in [9.17, 15) is 4.79 Å². The number of methoxy groups -OCH3 is 2. The largest absolute Gasteiger partial charge is 0.497 e. The number of para-hydroxylation sites is 1. The molecule has 0 saturated carbocycles. The molecule has 142 valence electrons. The van der Waals surface area contributed by atoms with Crippen LogP contribution in [0, 0.1) is 0 Å². The van der Waals surface area contributed by atoms with Gasteiger partial charge in [-0.1, -0.05) is 23.5 Å². The number of anilines is 3. The van der Waals surface area contributed by atoms with Crippen molar-refractivity contribution in [3.63, 3.8) is 0 Å². The van der Waals surface area contributed by atoms with Gasteiger partial charge in [0, 0.05) is 11.4 Å². The maximum atomic E-state index is 12.5. The van der Waals surface area contributed by atoms with Crippen molar-refractivity contribution in [2.45, 2.75) is 0 Å². The molecule has 0 spiro atoms. The second-order valence-electron chi connectivity index (χ2n) is 5.67. The molecule has 9 heteroatoms. The van der Waals surface area contributed by atoms with E-state index in [2.05, 4.69) is 20.6 Å². The van der Waals surface area contributed by atoms with Crippen LogP contribution in [-0.4, -0.2) is 30.1 Å². The molecule has 28 heavy (non-hydrogen) atoms. The molecule has 2 heterocycles. The summed E-state index contributed by atoms with van der Waals surface area (Å²) >= 11 is 2.76. The number of benzene rings is 2. The van der Waals surface area contributed by atoms with Crippen LogP contribution in [0.1, 0.15) is 10.5 Å². The van der Waals surface area contributed by atoms with Crippen LogP contribution < -0.4 is 20.1 Å². The van der Waals surface area contributed by atoms with Crippen molar-refractivity contribution in [3.05, 3.63) is 53.5 Å². The van der Waals surface area contributed by atoms with Crippen LogP contribution in [0.5, 0.6) is 11.5 Å². The first kappa shape index (κ1) is 18.2. The monoisotopic (exact) mass is 412 g/mol. The Balaban J connectivity index is 1.48. The van der Waals surface area contributed by atoms with Crippen LogP contribution in [-0.2, 0) is 0 Å². The van der Waals surface area contributed by atoms with Crippen LogP contribution in [0.2, 0.25) is 0 Å². The van der Waals surface area contributed by atoms with E-state index in [-0.39, 0.29) is 5.91 Å². The highest BCUT2D eigenvalue weighted by Crippen LogP contribution is 2.32. The average molecular weight is 412 g/mol. The normalized spacial score (nSPS) is 10.6. The van der Waals surface area contributed by atoms with Crippen LogP contribution >= 0.6 is 22.7 Å². The lowest BCUT2D eigenvalue weighted by atomic mass is 10.3. The number of carbonyl (C=O) groups is 1. The summed E-state index contributed by atoms with van der Waals surface area (Å²) in [6.45, 7) is 0. The third-order valence-electron chi connectivity index (χ3n) is 3.90. The number of nitrogens with one attached hydrogen (secondary N) is 2. The molecule has 0 bridgehead atoms. The molecule has 1 amide bonds. The van der Waals surface area contributed by atoms with Crippen molar-refractivity contribution in [1.29, 1.82) is 0 Å². The predicted octanol–water partition coefficient (Wildman–Crippen LogP) is 4.77. The molecule has 0 atom stereocenters. The zero-order chi connectivity index (χ0) is 19.5. The topological polar surface area (TPSA) is 85.4 Å². The summed E-state index contributed by atoms with van der Waals surface area (Å²) in [6, 6.07) is 13.2. The summed E-state index contributed by atoms with van der Waals surface area (Å²) in [5.74, 6) is 1.01. The Morgan fingerprint density at radius 3 is 2.68 bits per heavy atom. The van der Waals surface area contributed by atoms with Gasteiger partial charge in [0.1, 0.15) is 17.2 Å². The molecule has 2 aromatic carbocycles. The molecule has 2 aromatic heterocycles. The number of hydrogen-bond donors (Lipinski definition) is 2. The lowest BCUT2D eigenvalue weighted by Crippen LogP contribution is -2.12. The number of carbonyl (C=O) groups excluding carboxylic acids is 1. The fourth-order valence-electron chi connectivity index (χ4n) is 2.54. The second kappa shape index (κ2) is 7.83. The van der Waals surface area contributed by atoms with Gasteiger partial charge in [0.15, 0.2) is 10.3 Å². The Labute approximate surface area is 169 Å². The van der Waals surface area contributed by atoms with Gasteiger partial charge in [-0.3, -0.25) is 10.1 Å². The molecule has 0 aliphatic carbocycles. The summed E-state index contributed by atoms with van der Waals surface area (Å²) in [5, 5.41) is 8.80. The number of ether oxygens (including phenoxy) is 2. The Morgan fingerprint density at radius 2 is 1.89 bits per heavy atom. The highest BCUT2D eigenvalue weighted by atomic mass is 32.1. The first-order valence-corrected chi connectivity index (χ1v) is 9.97. The van der Waals surface area contributed by atoms with Crippen molar-refractivity contribution in [1.82, 2.24) is 9.97 Å². The van der Waals surface area contributed by atoms with Gasteiger partial charge >= 0.3 is 0 Å². The quantitative estimate of drug-likeness (QED) is 0.475. The van der Waals surface area contributed by atoms with Crippen molar-refractivity contribution >= 4 is 54.7 Å². The Bertz CT molecular complexity index is 1110. The van der Waals surface area contributed by atoms with E-state index in [0.29, 0.717) is 27.5 Å². The minimum Gasteiger partial charge on any atom is -0.497 e. The van der Waals surface area contributed by atoms with Crippen molar-refractivity contribution in [2.75, 3.05) is 24.9 Å². The summed E-state index contributed by atoms with van der Waals surface area (Å²) in [7, 11) is 3.18. The van der Waals surface area contributed by atoms with Crippen molar-refractivity contribution in [3.8, 4) is 11.5 Å². The smallest absolute Gasteiger partial charge is 0.276 e. The third kappa shape index (κ3) is 3.75. The number of hydrogen-bond acceptors (Lipinski definition) is 8. The molecular weight excluding hydrogens is 396 g/mol. The van der Waals surface area contributed by atoms with E-state index >= 15 is 0 Å². The number of amides is 1. The van der Waals surface area contributed by atoms with E-state index in [4.69, 9.17) is 9.47 Å². The number of aromatic nitrogens is 2. The minimum absolute atomic E-state index is 0.301. The standard InChI is InChI=1S/C19H16N4O3S2/c1-25-11-7-8-12(15(9-11)26-2)20-18-22-14(10-27-18)17(24)23-19-21-13-5-3-4-6-16(13)28-19/h3-10H,1-2H3,(H,20,22)(H,21,23,24). The van der Waals surface area contributed by atoms with Crippen molar-refractivity contribution in [2.24, 2.45) is 0 Å². The third-order valence-corrected chi connectivity index (χ3v) is 5.61. The van der Waals surface area contributed by atoms with E-state index in [1.807, 2.05) is 36.4 Å². The molecule has 4 aromatic rings. The molecule has 0 radical (unpaired) electrons. The first-order chi connectivity index (χ1) is 13.7. The maximum Gasteiger partial charge on any atom is 0.276 e. The van der Waals surface area contributed by atoms with Gasteiger partial charge < -0.3 is 14.8 Å². The number of fused-ring (bicyclic) bond motifs is 1. The Kier molecular flexibility index (Phi) is 5.09. The lowest BCUT2D eigenvalue weighted by molar-refractivity contribution is 0.102. The highest BCUT2D eigenvalue weighted by molar-refractivity contribution is 7.22. The molecule has 4 rings (SSSR count). The second-order valence-corrected chi connectivity index (χ2v) is 7.56. The molecule has 0 aliphatic rings. The molecule has 0 saturated heterocycles. The molecule has 0 unspecified atom stereocenters. The van der Waals surface area contributed by atoms with Gasteiger partial charge in [-0.2, -0.15) is 0 Å². The van der Waals surface area contributed by atoms with E-state index in [1.54, 1.807) is 25.7 Å². The van der Waals surface area contributed by atoms with Crippen LogP contribution in [0.4, 0.5) is 16.0 Å². The van der Waals surface area contributed by atoms with Gasteiger partial charge in [0.25, 0.3) is 5.91 Å². The number of thiazole rings is 2. The fraction of sp³-hybridized carbons (Fsp3) is 0.105. The highest BCUT2D eigenvalue weighted by Gasteiger charge is 2.14. The average Bonchev–Trinajstić information content (AvgIpc) is 3.34. The maximum absolute atomic E-state index is 12.5. The lowest BCUT2D eigenvalue weighted by Gasteiger charge is -2.10. The minimum atomic E-state index is -0.301. The SMILES string of the molecule is COc1ccc(Nc2nc(C(=O)Nc3nc4ccccc4s3)cs2)c(OC)c1. The summed E-state index contributed by atoms with van der Waals surface area (Å²) < 4.78 is 11.6. The van der Waals surface area contributed by atoms with E-state index < -0.39 is 0 Å². The van der Waals surface area contributed by atoms with Gasteiger partial charge in [-0.05, 0) is 24.3 Å². The summed E-state index contributed by atoms with van der Waals surface area (Å²) in [6.07, 6.45) is 0. The van der Waals surface area contributed by atoms with Gasteiger partial charge in [0.05, 0.1) is 30.1 Å². The molecule has 0 fully saturated rings. The molecule has 0 aliphatic heterocycles. The Hall–Kier alpha value is -3.17. The van der Waals surface area contributed by atoms with Crippen LogP contribution in [0.15, 0.2) is 47.8 Å². The molecule has 7 nitrogen and oxygen atoms in total. The number of nitrogens with zero attached hydrogens (tertiary/aromatic N) is 2. The van der Waals surface area contributed by atoms with Crippen LogP contribution in [0.25, 0.3) is 10.2 Å². The van der Waals surface area contributed by atoms with Crippen LogP contribution in [0.3, 0.4) is 0 Å². The zero-order valence-electron chi connectivity index (χ0n) is 15.1. The van der Waals surface area contributed by atoms with E-state index in [1.165, 1.54) is 22.7 Å².